The van der Waals surface area contributed by atoms with Gasteiger partial charge in [-0.25, -0.2) is 4.79 Å². The SMILES string of the molecule is COC(=O)c1ccc2c(c1)[N+](C)=C(C=Cc1ccc(OC)c(OC)c1)C2(C)C. The molecule has 0 aromatic heterocycles. The van der Waals surface area contributed by atoms with Crippen LogP contribution in [0.25, 0.3) is 6.08 Å². The highest BCUT2D eigenvalue weighted by Crippen LogP contribution is 2.40. The van der Waals surface area contributed by atoms with Gasteiger partial charge in [0.25, 0.3) is 0 Å². The average Bonchev–Trinajstić information content (AvgIpc) is 2.90. The van der Waals surface area contributed by atoms with E-state index < -0.39 is 0 Å². The van der Waals surface area contributed by atoms with Gasteiger partial charge in [-0.15, -0.1) is 0 Å². The van der Waals surface area contributed by atoms with E-state index >= 15 is 0 Å². The van der Waals surface area contributed by atoms with E-state index in [0.717, 1.165) is 17.0 Å². The molecule has 0 bridgehead atoms. The maximum atomic E-state index is 11.9. The van der Waals surface area contributed by atoms with Crippen LogP contribution < -0.4 is 9.47 Å². The Bertz CT molecular complexity index is 986. The Hall–Kier alpha value is -3.08. The minimum absolute atomic E-state index is 0.189. The summed E-state index contributed by atoms with van der Waals surface area (Å²) in [6.07, 6.45) is 4.17. The van der Waals surface area contributed by atoms with Gasteiger partial charge in [-0.2, -0.15) is 4.58 Å². The van der Waals surface area contributed by atoms with Crippen LogP contribution >= 0.6 is 0 Å². The molecule has 0 atom stereocenters. The van der Waals surface area contributed by atoms with Crippen molar-refractivity contribution < 1.29 is 23.6 Å². The van der Waals surface area contributed by atoms with Gasteiger partial charge in [0, 0.05) is 17.7 Å². The van der Waals surface area contributed by atoms with Gasteiger partial charge < -0.3 is 14.2 Å². The third-order valence-corrected chi connectivity index (χ3v) is 5.30. The minimum Gasteiger partial charge on any atom is -0.493 e. The number of carbonyl (C=O) groups is 1. The van der Waals surface area contributed by atoms with Crippen molar-refractivity contribution in [1.82, 2.24) is 0 Å². The van der Waals surface area contributed by atoms with Crippen LogP contribution in [0.1, 0.15) is 35.3 Å². The number of benzene rings is 2. The predicted molar refractivity (Wildman–Crippen MR) is 110 cm³/mol. The number of esters is 1. The second-order valence-corrected chi connectivity index (χ2v) is 7.24. The molecular weight excluding hydrogens is 354 g/mol. The van der Waals surface area contributed by atoms with E-state index in [1.165, 1.54) is 12.7 Å². The molecule has 1 heterocycles. The summed E-state index contributed by atoms with van der Waals surface area (Å²) in [6.45, 7) is 4.36. The molecule has 0 saturated heterocycles. The molecule has 5 heteroatoms. The number of carbonyl (C=O) groups excluding carboxylic acids is 1. The summed E-state index contributed by atoms with van der Waals surface area (Å²) in [6, 6.07) is 11.5. The highest BCUT2D eigenvalue weighted by atomic mass is 16.5. The molecule has 0 spiro atoms. The van der Waals surface area contributed by atoms with Crippen LogP contribution in [-0.4, -0.2) is 44.6 Å². The fourth-order valence-electron chi connectivity index (χ4n) is 3.72. The lowest BCUT2D eigenvalue weighted by Gasteiger charge is -2.15. The van der Waals surface area contributed by atoms with E-state index in [-0.39, 0.29) is 11.4 Å². The Labute approximate surface area is 165 Å². The van der Waals surface area contributed by atoms with Gasteiger partial charge >= 0.3 is 5.97 Å². The third kappa shape index (κ3) is 3.28. The Balaban J connectivity index is 2.00. The number of rotatable bonds is 5. The fourth-order valence-corrected chi connectivity index (χ4v) is 3.72. The maximum absolute atomic E-state index is 11.9. The lowest BCUT2D eigenvalue weighted by molar-refractivity contribution is -0.401. The Kier molecular flexibility index (Phi) is 5.27. The summed E-state index contributed by atoms with van der Waals surface area (Å²) in [4.78, 5) is 11.9. The van der Waals surface area contributed by atoms with Gasteiger partial charge in [0.1, 0.15) is 7.05 Å². The minimum atomic E-state index is -0.330. The molecule has 2 aromatic carbocycles. The molecule has 0 radical (unpaired) electrons. The van der Waals surface area contributed by atoms with Crippen LogP contribution in [0.5, 0.6) is 11.5 Å². The van der Waals surface area contributed by atoms with Crippen molar-refractivity contribution in [2.75, 3.05) is 28.4 Å². The number of ether oxygens (including phenoxy) is 3. The van der Waals surface area contributed by atoms with Crippen molar-refractivity contribution >= 4 is 23.4 Å². The number of hydrogen-bond acceptors (Lipinski definition) is 4. The van der Waals surface area contributed by atoms with Crippen LogP contribution in [0.2, 0.25) is 0 Å². The standard InChI is InChI=1S/C23H26NO4/c1-23(2)17-10-9-16(22(25)28-6)14-18(17)24(3)21(23)12-8-15-7-11-19(26-4)20(13-15)27-5/h7-14H,1-6H3/q+1. The molecule has 2 aromatic rings. The molecule has 0 fully saturated rings. The van der Waals surface area contributed by atoms with E-state index in [0.29, 0.717) is 17.1 Å². The van der Waals surface area contributed by atoms with E-state index in [4.69, 9.17) is 14.2 Å². The summed E-state index contributed by atoms with van der Waals surface area (Å²) in [7, 11) is 6.66. The van der Waals surface area contributed by atoms with Crippen molar-refractivity contribution in [1.29, 1.82) is 0 Å². The van der Waals surface area contributed by atoms with E-state index in [2.05, 4.69) is 30.6 Å². The van der Waals surface area contributed by atoms with E-state index in [1.54, 1.807) is 14.2 Å². The maximum Gasteiger partial charge on any atom is 0.338 e. The predicted octanol–water partition coefficient (Wildman–Crippen LogP) is 4.21. The first-order chi connectivity index (χ1) is 13.3. The fraction of sp³-hybridized carbons (Fsp3) is 0.304. The highest BCUT2D eigenvalue weighted by Gasteiger charge is 2.43. The largest absolute Gasteiger partial charge is 0.493 e. The lowest BCUT2D eigenvalue weighted by Crippen LogP contribution is -2.26. The van der Waals surface area contributed by atoms with Crippen molar-refractivity contribution in [2.24, 2.45) is 0 Å². The van der Waals surface area contributed by atoms with Crippen LogP contribution in [-0.2, 0) is 10.2 Å². The molecule has 0 aliphatic carbocycles. The number of allylic oxidation sites excluding steroid dienone is 1. The Morgan fingerprint density at radius 1 is 0.964 bits per heavy atom. The van der Waals surface area contributed by atoms with E-state index in [9.17, 15) is 4.79 Å². The number of fused-ring (bicyclic) bond motifs is 1. The van der Waals surface area contributed by atoms with Gasteiger partial charge in [-0.3, -0.25) is 0 Å². The molecular formula is C23H26NO4+. The summed E-state index contributed by atoms with van der Waals surface area (Å²) in [5.41, 5.74) is 4.70. The van der Waals surface area contributed by atoms with Crippen molar-refractivity contribution in [3.05, 3.63) is 59.2 Å². The first kappa shape index (κ1) is 19.7. The first-order valence-electron chi connectivity index (χ1n) is 9.07. The molecule has 1 aliphatic heterocycles. The molecule has 0 N–H and O–H groups in total. The smallest absolute Gasteiger partial charge is 0.338 e. The van der Waals surface area contributed by atoms with Crippen LogP contribution in [0, 0.1) is 0 Å². The monoisotopic (exact) mass is 380 g/mol. The second kappa shape index (κ2) is 7.50. The van der Waals surface area contributed by atoms with Crippen LogP contribution in [0.3, 0.4) is 0 Å². The molecule has 5 nitrogen and oxygen atoms in total. The van der Waals surface area contributed by atoms with Gasteiger partial charge in [0.15, 0.2) is 17.2 Å². The topological polar surface area (TPSA) is 47.8 Å². The van der Waals surface area contributed by atoms with Gasteiger partial charge in [-0.05, 0) is 43.7 Å². The van der Waals surface area contributed by atoms with Gasteiger partial charge in [-0.1, -0.05) is 12.1 Å². The molecule has 3 rings (SSSR count). The van der Waals surface area contributed by atoms with E-state index in [1.807, 2.05) is 43.4 Å². The van der Waals surface area contributed by atoms with Crippen molar-refractivity contribution in [3.63, 3.8) is 0 Å². The van der Waals surface area contributed by atoms with Crippen LogP contribution in [0.15, 0.2) is 42.5 Å². The van der Waals surface area contributed by atoms with Gasteiger partial charge in [0.2, 0.25) is 5.69 Å². The molecule has 0 saturated carbocycles. The quantitative estimate of drug-likeness (QED) is 0.576. The summed E-state index contributed by atoms with van der Waals surface area (Å²) in [5.74, 6) is 1.07. The molecule has 0 unspecified atom stereocenters. The molecule has 146 valence electrons. The van der Waals surface area contributed by atoms with Crippen molar-refractivity contribution in [3.8, 4) is 11.5 Å². The summed E-state index contributed by atoms with van der Waals surface area (Å²) >= 11 is 0. The zero-order chi connectivity index (χ0) is 20.5. The first-order valence-corrected chi connectivity index (χ1v) is 9.07. The van der Waals surface area contributed by atoms with Gasteiger partial charge in [0.05, 0.1) is 32.3 Å². The van der Waals surface area contributed by atoms with Crippen molar-refractivity contribution in [2.45, 2.75) is 19.3 Å². The normalized spacial score (nSPS) is 14.9. The molecule has 1 aliphatic rings. The summed E-state index contributed by atoms with van der Waals surface area (Å²) < 4.78 is 17.7. The number of hydrogen-bond donors (Lipinski definition) is 0. The second-order valence-electron chi connectivity index (χ2n) is 7.24. The number of nitrogens with zero attached hydrogens (tertiary/aromatic N) is 1. The molecule has 28 heavy (non-hydrogen) atoms. The zero-order valence-electron chi connectivity index (χ0n) is 17.2. The summed E-state index contributed by atoms with van der Waals surface area (Å²) in [5, 5.41) is 0. The lowest BCUT2D eigenvalue weighted by atomic mass is 9.81. The third-order valence-electron chi connectivity index (χ3n) is 5.30. The highest BCUT2D eigenvalue weighted by molar-refractivity contribution is 6.05. The Morgan fingerprint density at radius 2 is 1.68 bits per heavy atom. The Morgan fingerprint density at radius 3 is 2.32 bits per heavy atom. The van der Waals surface area contributed by atoms with Crippen LogP contribution in [0.4, 0.5) is 5.69 Å². The number of methoxy groups -OCH3 is 3. The molecule has 0 amide bonds. The average molecular weight is 380 g/mol. The zero-order valence-corrected chi connectivity index (χ0v) is 17.2.